The molecule has 0 fully saturated rings. The molecule has 0 saturated heterocycles. The van der Waals surface area contributed by atoms with Crippen LogP contribution < -0.4 is 14.7 Å². The van der Waals surface area contributed by atoms with Crippen LogP contribution in [0.1, 0.15) is 132 Å². The summed E-state index contributed by atoms with van der Waals surface area (Å²) < 4.78 is 6.54. The SMILES string of the molecule is CC(C)(C)c1ccc(-c2nc3cc(N(c4cc(C(C)(C)C)cc(C(C)(C)C)c4)c4cc(C(C)(C)C)cc(N(c5ccc(C(C)(C)C)cc5)c5cccc(N(c6ccccc6)c6ccccc6)c5)c4Cl)ccc3o2)cc1. The molecule has 0 aliphatic carbocycles. The average Bonchev–Trinajstić information content (AvgIpc) is 3.79. The summed E-state index contributed by atoms with van der Waals surface area (Å²) in [7, 11) is 0. The topological polar surface area (TPSA) is 35.8 Å². The Morgan fingerprint density at radius 1 is 0.333 bits per heavy atom. The van der Waals surface area contributed by atoms with E-state index < -0.39 is 0 Å². The summed E-state index contributed by atoms with van der Waals surface area (Å²) in [5.74, 6) is 0.586. The van der Waals surface area contributed by atoms with Gasteiger partial charge in [0.05, 0.1) is 16.4 Å². The minimum Gasteiger partial charge on any atom is -0.436 e. The van der Waals surface area contributed by atoms with E-state index >= 15 is 0 Å². The molecule has 0 amide bonds. The van der Waals surface area contributed by atoms with Crippen LogP contribution in [0.4, 0.5) is 51.2 Å². The zero-order chi connectivity index (χ0) is 53.8. The summed E-state index contributed by atoms with van der Waals surface area (Å²) in [6.07, 6.45) is 0. The summed E-state index contributed by atoms with van der Waals surface area (Å²) in [6, 6.07) is 65.6. The van der Waals surface area contributed by atoms with Gasteiger partial charge in [0, 0.05) is 45.4 Å². The monoisotopic (exact) mass is 1010 g/mol. The van der Waals surface area contributed by atoms with Crippen molar-refractivity contribution in [3.63, 3.8) is 0 Å². The molecule has 0 aliphatic heterocycles. The number of nitrogens with zero attached hydrogens (tertiary/aromatic N) is 4. The molecule has 0 spiro atoms. The van der Waals surface area contributed by atoms with Crippen molar-refractivity contribution in [1.82, 2.24) is 4.98 Å². The van der Waals surface area contributed by atoms with Crippen molar-refractivity contribution in [2.45, 2.75) is 131 Å². The van der Waals surface area contributed by atoms with Crippen molar-refractivity contribution in [1.29, 1.82) is 0 Å². The predicted octanol–water partition coefficient (Wildman–Crippen LogP) is 21.0. The van der Waals surface area contributed by atoms with Crippen molar-refractivity contribution in [3.05, 3.63) is 215 Å². The Morgan fingerprint density at radius 2 is 0.720 bits per heavy atom. The van der Waals surface area contributed by atoms with Gasteiger partial charge in [-0.2, -0.15) is 0 Å². The molecule has 0 bridgehead atoms. The Morgan fingerprint density at radius 3 is 1.20 bits per heavy atom. The highest BCUT2D eigenvalue weighted by Crippen LogP contribution is 2.51. The van der Waals surface area contributed by atoms with Gasteiger partial charge in [0.15, 0.2) is 5.58 Å². The number of fused-ring (bicyclic) bond motifs is 1. The van der Waals surface area contributed by atoms with Crippen molar-refractivity contribution < 1.29 is 4.42 Å². The molecular weight excluding hydrogens is 936 g/mol. The van der Waals surface area contributed by atoms with Gasteiger partial charge < -0.3 is 19.1 Å². The van der Waals surface area contributed by atoms with Crippen molar-refractivity contribution in [2.24, 2.45) is 0 Å². The van der Waals surface area contributed by atoms with Crippen LogP contribution in [0.15, 0.2) is 186 Å². The number of hydrogen-bond donors (Lipinski definition) is 0. The summed E-state index contributed by atoms with van der Waals surface area (Å²) in [5, 5.41) is 0.606. The maximum absolute atomic E-state index is 8.30. The lowest BCUT2D eigenvalue weighted by molar-refractivity contribution is 0.568. The molecule has 0 N–H and O–H groups in total. The number of para-hydroxylation sites is 2. The molecule has 9 aromatic rings. The third-order valence-electron chi connectivity index (χ3n) is 14.3. The van der Waals surface area contributed by atoms with E-state index in [1.165, 1.54) is 22.3 Å². The number of hydrogen-bond acceptors (Lipinski definition) is 5. The fourth-order valence-corrected chi connectivity index (χ4v) is 9.87. The molecule has 0 unspecified atom stereocenters. The zero-order valence-electron chi connectivity index (χ0n) is 46.9. The number of oxazole rings is 1. The number of benzene rings is 8. The van der Waals surface area contributed by atoms with Crippen molar-refractivity contribution in [3.8, 4) is 11.5 Å². The summed E-state index contributed by atoms with van der Waals surface area (Å²) in [6.45, 7) is 34.1. The molecule has 384 valence electrons. The van der Waals surface area contributed by atoms with E-state index in [1.807, 2.05) is 0 Å². The van der Waals surface area contributed by atoms with Gasteiger partial charge in [-0.15, -0.1) is 0 Å². The van der Waals surface area contributed by atoms with E-state index in [4.69, 9.17) is 21.0 Å². The Hall–Kier alpha value is -7.08. The highest BCUT2D eigenvalue weighted by molar-refractivity contribution is 6.37. The summed E-state index contributed by atoms with van der Waals surface area (Å²) >= 11 is 8.30. The second-order valence-electron chi connectivity index (χ2n) is 25.3. The summed E-state index contributed by atoms with van der Waals surface area (Å²) in [4.78, 5) is 12.2. The number of aromatic nitrogens is 1. The Labute approximate surface area is 452 Å². The molecule has 75 heavy (non-hydrogen) atoms. The molecule has 6 heteroatoms. The van der Waals surface area contributed by atoms with Gasteiger partial charge in [0.25, 0.3) is 0 Å². The molecule has 0 saturated carbocycles. The number of halogens is 1. The third-order valence-corrected chi connectivity index (χ3v) is 14.7. The van der Waals surface area contributed by atoms with Crippen LogP contribution >= 0.6 is 11.6 Å². The first-order chi connectivity index (χ1) is 35.2. The fourth-order valence-electron chi connectivity index (χ4n) is 9.59. The van der Waals surface area contributed by atoms with E-state index in [0.29, 0.717) is 16.5 Å². The zero-order valence-corrected chi connectivity index (χ0v) is 47.7. The van der Waals surface area contributed by atoms with Crippen LogP contribution in [0.25, 0.3) is 22.6 Å². The van der Waals surface area contributed by atoms with Crippen molar-refractivity contribution >= 4 is 73.9 Å². The molecule has 1 aromatic heterocycles. The summed E-state index contributed by atoms with van der Waals surface area (Å²) in [5.41, 5.74) is 16.7. The number of rotatable bonds is 10. The quantitative estimate of drug-likeness (QED) is 0.136. The maximum atomic E-state index is 8.30. The average molecular weight is 1010 g/mol. The van der Waals surface area contributed by atoms with Crippen LogP contribution in [0.3, 0.4) is 0 Å². The molecule has 9 rings (SSSR count). The number of anilines is 9. The molecule has 1 heterocycles. The highest BCUT2D eigenvalue weighted by Gasteiger charge is 2.30. The molecule has 0 radical (unpaired) electrons. The molecular formula is C69H75ClN4O. The van der Waals surface area contributed by atoms with E-state index in [-0.39, 0.29) is 27.1 Å². The maximum Gasteiger partial charge on any atom is 0.227 e. The highest BCUT2D eigenvalue weighted by atomic mass is 35.5. The van der Waals surface area contributed by atoms with Gasteiger partial charge in [-0.25, -0.2) is 4.98 Å². The fraction of sp³-hybridized carbons (Fsp3) is 0.290. The normalized spacial score (nSPS) is 12.5. The van der Waals surface area contributed by atoms with E-state index in [1.54, 1.807) is 0 Å². The van der Waals surface area contributed by atoms with Gasteiger partial charge in [-0.05, 0) is 164 Å². The molecule has 8 aromatic carbocycles. The van der Waals surface area contributed by atoms with E-state index in [9.17, 15) is 0 Å². The lowest BCUT2D eigenvalue weighted by Crippen LogP contribution is -2.21. The van der Waals surface area contributed by atoms with Gasteiger partial charge >= 0.3 is 0 Å². The first-order valence-corrected chi connectivity index (χ1v) is 26.8. The van der Waals surface area contributed by atoms with Crippen LogP contribution in [-0.4, -0.2) is 4.98 Å². The lowest BCUT2D eigenvalue weighted by Gasteiger charge is -2.35. The molecule has 5 nitrogen and oxygen atoms in total. The minimum absolute atomic E-state index is 0.0324. The second-order valence-corrected chi connectivity index (χ2v) is 25.7. The van der Waals surface area contributed by atoms with Crippen molar-refractivity contribution in [2.75, 3.05) is 14.7 Å². The largest absolute Gasteiger partial charge is 0.436 e. The standard InChI is InChI=1S/C69H75ClN4O/c1-65(2,3)47-31-29-46(30-32-47)64-71-59-45-57(37-38-62(59)75-64)74(58-40-49(67(7,8)9)39-50(41-58)68(10,11)12)61-43-51(69(13,14)15)42-60(63(61)70)73(54-35-33-48(34-36-54)66(4,5)6)56-28-22-27-55(44-56)72(52-23-18-16-19-24-52)53-25-20-17-21-26-53/h16-45H,1-15H3. The van der Waals surface area contributed by atoms with Gasteiger partial charge in [0.1, 0.15) is 5.52 Å². The Balaban J connectivity index is 1.32. The smallest absolute Gasteiger partial charge is 0.227 e. The Bertz CT molecular complexity index is 3380. The molecule has 0 aliphatic rings. The molecule has 0 atom stereocenters. The third kappa shape index (κ3) is 11.3. The first kappa shape index (κ1) is 52.8. The lowest BCUT2D eigenvalue weighted by atomic mass is 9.80. The van der Waals surface area contributed by atoms with E-state index in [0.717, 1.165) is 67.8 Å². The van der Waals surface area contributed by atoms with Crippen LogP contribution in [-0.2, 0) is 27.1 Å². The van der Waals surface area contributed by atoms with Gasteiger partial charge in [0.2, 0.25) is 5.89 Å². The minimum atomic E-state index is -0.280. The van der Waals surface area contributed by atoms with Crippen LogP contribution in [0, 0.1) is 0 Å². The van der Waals surface area contributed by atoms with Crippen LogP contribution in [0.2, 0.25) is 5.02 Å². The van der Waals surface area contributed by atoms with Crippen LogP contribution in [0.5, 0.6) is 0 Å². The van der Waals surface area contributed by atoms with Gasteiger partial charge in [-0.3, -0.25) is 0 Å². The second kappa shape index (κ2) is 19.9. The van der Waals surface area contributed by atoms with Gasteiger partial charge in [-0.1, -0.05) is 188 Å². The van der Waals surface area contributed by atoms with E-state index in [2.05, 4.69) is 301 Å². The predicted molar refractivity (Wildman–Crippen MR) is 322 cm³/mol. The Kier molecular flexibility index (Phi) is 14.0. The first-order valence-electron chi connectivity index (χ1n) is 26.5.